The Balaban J connectivity index is 1.97. The largest absolute Gasteiger partial charge is 0.381 e. The maximum atomic E-state index is 13.5. The molecule has 1 nitrogen and oxygen atoms in total. The molecule has 1 saturated heterocycles. The van der Waals surface area contributed by atoms with E-state index < -0.39 is 11.8 Å². The highest BCUT2D eigenvalue weighted by Crippen LogP contribution is 2.38. The monoisotopic (exact) mass is 242 g/mol. The molecule has 2 rings (SSSR count). The molecule has 1 aliphatic heterocycles. The van der Waals surface area contributed by atoms with Gasteiger partial charge in [-0.05, 0) is 38.0 Å². The van der Waals surface area contributed by atoms with Gasteiger partial charge in [-0.25, -0.2) is 8.78 Å². The predicted molar refractivity (Wildman–Crippen MR) is 64.0 cm³/mol. The van der Waals surface area contributed by atoms with Gasteiger partial charge >= 0.3 is 0 Å². The van der Waals surface area contributed by atoms with Gasteiger partial charge in [0.2, 0.25) is 0 Å². The third-order valence-electron chi connectivity index (χ3n) is 3.78. The van der Waals surface area contributed by atoms with E-state index in [0.717, 1.165) is 39.4 Å². The van der Waals surface area contributed by atoms with Crippen molar-refractivity contribution in [3.63, 3.8) is 0 Å². The van der Waals surface area contributed by atoms with Crippen molar-refractivity contribution in [3.05, 3.63) is 24.3 Å². The SMILES string of the molecule is CC(F)(F)C1C=CC=CC1CC1CCOCC1. The average molecular weight is 242 g/mol. The lowest BCUT2D eigenvalue weighted by molar-refractivity contribution is -0.0415. The summed E-state index contributed by atoms with van der Waals surface area (Å²) >= 11 is 0. The van der Waals surface area contributed by atoms with E-state index in [9.17, 15) is 8.78 Å². The zero-order valence-electron chi connectivity index (χ0n) is 10.2. The van der Waals surface area contributed by atoms with E-state index in [1.54, 1.807) is 12.2 Å². The van der Waals surface area contributed by atoms with Crippen LogP contribution in [0.2, 0.25) is 0 Å². The molecule has 0 aromatic rings. The molecule has 0 spiro atoms. The lowest BCUT2D eigenvalue weighted by Crippen LogP contribution is -2.32. The molecule has 0 saturated carbocycles. The highest BCUT2D eigenvalue weighted by Gasteiger charge is 2.38. The van der Waals surface area contributed by atoms with Crippen LogP contribution < -0.4 is 0 Å². The molecular formula is C14H20F2O. The third kappa shape index (κ3) is 3.38. The molecule has 0 bridgehead atoms. The molecule has 2 aliphatic rings. The Hall–Kier alpha value is -0.700. The Morgan fingerprint density at radius 3 is 2.47 bits per heavy atom. The molecule has 0 aromatic heterocycles. The summed E-state index contributed by atoms with van der Waals surface area (Å²) < 4.78 is 32.3. The van der Waals surface area contributed by atoms with Crippen molar-refractivity contribution in [2.24, 2.45) is 17.8 Å². The van der Waals surface area contributed by atoms with Crippen molar-refractivity contribution in [2.75, 3.05) is 13.2 Å². The summed E-state index contributed by atoms with van der Waals surface area (Å²) in [5, 5.41) is 0. The van der Waals surface area contributed by atoms with Crippen LogP contribution >= 0.6 is 0 Å². The summed E-state index contributed by atoms with van der Waals surface area (Å²) in [6, 6.07) is 0. The van der Waals surface area contributed by atoms with E-state index in [1.807, 2.05) is 12.2 Å². The van der Waals surface area contributed by atoms with Crippen molar-refractivity contribution >= 4 is 0 Å². The van der Waals surface area contributed by atoms with E-state index >= 15 is 0 Å². The minimum atomic E-state index is -2.63. The first-order valence-corrected chi connectivity index (χ1v) is 6.38. The average Bonchev–Trinajstić information content (AvgIpc) is 2.30. The topological polar surface area (TPSA) is 9.23 Å². The number of hydrogen-bond acceptors (Lipinski definition) is 1. The van der Waals surface area contributed by atoms with Gasteiger partial charge in [-0.15, -0.1) is 0 Å². The maximum absolute atomic E-state index is 13.5. The van der Waals surface area contributed by atoms with Crippen LogP contribution in [0.5, 0.6) is 0 Å². The first kappa shape index (κ1) is 12.7. The molecule has 0 amide bonds. The van der Waals surface area contributed by atoms with Crippen LogP contribution in [-0.4, -0.2) is 19.1 Å². The standard InChI is InChI=1S/C14H20F2O/c1-14(15,16)13-5-3-2-4-12(13)10-11-6-8-17-9-7-11/h2-5,11-13H,6-10H2,1H3. The minimum Gasteiger partial charge on any atom is -0.381 e. The van der Waals surface area contributed by atoms with E-state index in [2.05, 4.69) is 0 Å². The van der Waals surface area contributed by atoms with Gasteiger partial charge in [-0.2, -0.15) is 0 Å². The summed E-state index contributed by atoms with van der Waals surface area (Å²) in [7, 11) is 0. The Kier molecular flexibility index (Phi) is 3.97. The first-order chi connectivity index (χ1) is 8.07. The summed E-state index contributed by atoms with van der Waals surface area (Å²) in [6.45, 7) is 2.59. The summed E-state index contributed by atoms with van der Waals surface area (Å²) in [5.41, 5.74) is 0. The second kappa shape index (κ2) is 5.30. The van der Waals surface area contributed by atoms with Crippen molar-refractivity contribution in [1.82, 2.24) is 0 Å². The second-order valence-corrected chi connectivity index (χ2v) is 5.21. The molecule has 2 atom stereocenters. The zero-order chi connectivity index (χ0) is 12.3. The highest BCUT2D eigenvalue weighted by atomic mass is 19.3. The number of allylic oxidation sites excluding steroid dienone is 4. The van der Waals surface area contributed by atoms with Gasteiger partial charge in [0.25, 0.3) is 5.92 Å². The molecule has 0 radical (unpaired) electrons. The number of hydrogen-bond donors (Lipinski definition) is 0. The fraction of sp³-hybridized carbons (Fsp3) is 0.714. The van der Waals surface area contributed by atoms with Crippen molar-refractivity contribution < 1.29 is 13.5 Å². The van der Waals surface area contributed by atoms with Gasteiger partial charge in [0.1, 0.15) is 0 Å². The molecule has 1 heterocycles. The lowest BCUT2D eigenvalue weighted by atomic mass is 9.77. The van der Waals surface area contributed by atoms with E-state index in [4.69, 9.17) is 4.74 Å². The Bertz CT molecular complexity index is 298. The van der Waals surface area contributed by atoms with Crippen LogP contribution in [-0.2, 0) is 4.74 Å². The van der Waals surface area contributed by atoms with E-state index in [0.29, 0.717) is 5.92 Å². The zero-order valence-corrected chi connectivity index (χ0v) is 10.2. The fourth-order valence-corrected chi connectivity index (χ4v) is 2.79. The van der Waals surface area contributed by atoms with Crippen LogP contribution in [0, 0.1) is 17.8 Å². The molecule has 1 fully saturated rings. The van der Waals surface area contributed by atoms with E-state index in [-0.39, 0.29) is 5.92 Å². The molecule has 1 aliphatic carbocycles. The lowest BCUT2D eigenvalue weighted by Gasteiger charge is -2.32. The quantitative estimate of drug-likeness (QED) is 0.731. The number of halogens is 2. The van der Waals surface area contributed by atoms with Gasteiger partial charge in [-0.3, -0.25) is 0 Å². The third-order valence-corrected chi connectivity index (χ3v) is 3.78. The van der Waals surface area contributed by atoms with Crippen LogP contribution in [0.25, 0.3) is 0 Å². The van der Waals surface area contributed by atoms with Crippen molar-refractivity contribution in [1.29, 1.82) is 0 Å². The molecule has 96 valence electrons. The normalized spacial score (nSPS) is 30.8. The van der Waals surface area contributed by atoms with Gasteiger partial charge in [0.05, 0.1) is 0 Å². The minimum absolute atomic E-state index is 0.0249. The Morgan fingerprint density at radius 1 is 1.18 bits per heavy atom. The Morgan fingerprint density at radius 2 is 1.82 bits per heavy atom. The molecule has 3 heteroatoms. The first-order valence-electron chi connectivity index (χ1n) is 6.38. The molecule has 2 unspecified atom stereocenters. The number of rotatable bonds is 3. The van der Waals surface area contributed by atoms with Gasteiger partial charge in [-0.1, -0.05) is 24.3 Å². The second-order valence-electron chi connectivity index (χ2n) is 5.21. The van der Waals surface area contributed by atoms with E-state index in [1.165, 1.54) is 0 Å². The van der Waals surface area contributed by atoms with Crippen LogP contribution in [0.4, 0.5) is 8.78 Å². The predicted octanol–water partition coefficient (Wildman–Crippen LogP) is 3.82. The summed E-state index contributed by atoms with van der Waals surface area (Å²) in [4.78, 5) is 0. The Labute approximate surface area is 102 Å². The van der Waals surface area contributed by atoms with Gasteiger partial charge < -0.3 is 4.74 Å². The van der Waals surface area contributed by atoms with Crippen molar-refractivity contribution in [2.45, 2.75) is 32.1 Å². The smallest absolute Gasteiger partial charge is 0.252 e. The number of alkyl halides is 2. The molecule has 17 heavy (non-hydrogen) atoms. The van der Waals surface area contributed by atoms with Gasteiger partial charge in [0, 0.05) is 19.1 Å². The van der Waals surface area contributed by atoms with Gasteiger partial charge in [0.15, 0.2) is 0 Å². The number of ether oxygens (including phenoxy) is 1. The molecule has 0 aromatic carbocycles. The molecular weight excluding hydrogens is 222 g/mol. The van der Waals surface area contributed by atoms with Crippen LogP contribution in [0.1, 0.15) is 26.2 Å². The summed E-state index contributed by atoms with van der Waals surface area (Å²) in [5.74, 6) is -2.76. The molecule has 0 N–H and O–H groups in total. The maximum Gasteiger partial charge on any atom is 0.252 e. The van der Waals surface area contributed by atoms with Crippen LogP contribution in [0.3, 0.4) is 0 Å². The van der Waals surface area contributed by atoms with Crippen LogP contribution in [0.15, 0.2) is 24.3 Å². The fourth-order valence-electron chi connectivity index (χ4n) is 2.79. The summed E-state index contributed by atoms with van der Waals surface area (Å²) in [6.07, 6.45) is 10.1. The highest BCUT2D eigenvalue weighted by molar-refractivity contribution is 5.16. The van der Waals surface area contributed by atoms with Crippen molar-refractivity contribution in [3.8, 4) is 0 Å².